The highest BCUT2D eigenvalue weighted by Gasteiger charge is 2.41. The van der Waals surface area contributed by atoms with Crippen molar-refractivity contribution >= 4 is 11.8 Å². The van der Waals surface area contributed by atoms with Gasteiger partial charge in [-0.15, -0.1) is 0 Å². The largest absolute Gasteiger partial charge is 0.356 e. The van der Waals surface area contributed by atoms with E-state index < -0.39 is 6.10 Å². The number of carbonyl (C=O) groups excluding carboxylic acids is 2. The second-order valence-electron chi connectivity index (χ2n) is 7.76. The standard InChI is InChI=1S/C21H30N2O3/c1-15-9-7-8-12-17(15)19-20(26-14-18(24)23(19)3)21(25)22(2)13-16-10-5-4-6-11-16/h7-9,12,16,19-20H,4-6,10-11,13-14H2,1-3H3/t19-,20+/m1/s1. The summed E-state index contributed by atoms with van der Waals surface area (Å²) < 4.78 is 5.77. The van der Waals surface area contributed by atoms with Gasteiger partial charge in [0, 0.05) is 20.6 Å². The summed E-state index contributed by atoms with van der Waals surface area (Å²) in [4.78, 5) is 28.9. The van der Waals surface area contributed by atoms with Crippen molar-refractivity contribution in [3.8, 4) is 0 Å². The highest BCUT2D eigenvalue weighted by Crippen LogP contribution is 2.32. The van der Waals surface area contributed by atoms with Gasteiger partial charge in [-0.05, 0) is 36.8 Å². The molecule has 5 heteroatoms. The Balaban J connectivity index is 1.79. The van der Waals surface area contributed by atoms with Crippen molar-refractivity contribution in [2.24, 2.45) is 5.92 Å². The van der Waals surface area contributed by atoms with E-state index in [9.17, 15) is 9.59 Å². The van der Waals surface area contributed by atoms with Crippen LogP contribution < -0.4 is 0 Å². The average molecular weight is 358 g/mol. The number of aryl methyl sites for hydroxylation is 1. The molecule has 0 radical (unpaired) electrons. The van der Waals surface area contributed by atoms with Crippen molar-refractivity contribution in [1.82, 2.24) is 9.80 Å². The third-order valence-electron chi connectivity index (χ3n) is 5.87. The van der Waals surface area contributed by atoms with Gasteiger partial charge in [0.25, 0.3) is 5.91 Å². The van der Waals surface area contributed by atoms with Gasteiger partial charge in [0.05, 0.1) is 6.04 Å². The number of hydrogen-bond donors (Lipinski definition) is 0. The van der Waals surface area contributed by atoms with Crippen LogP contribution in [0.15, 0.2) is 24.3 Å². The number of nitrogens with zero attached hydrogens (tertiary/aromatic N) is 2. The van der Waals surface area contributed by atoms with Gasteiger partial charge in [-0.1, -0.05) is 43.5 Å². The van der Waals surface area contributed by atoms with Crippen LogP contribution >= 0.6 is 0 Å². The Labute approximate surface area is 156 Å². The Morgan fingerprint density at radius 1 is 1.23 bits per heavy atom. The molecule has 2 aliphatic rings. The van der Waals surface area contributed by atoms with E-state index in [1.165, 1.54) is 32.1 Å². The van der Waals surface area contributed by atoms with E-state index >= 15 is 0 Å². The maximum Gasteiger partial charge on any atom is 0.253 e. The number of likely N-dealkylation sites (N-methyl/N-ethyl adjacent to an activating group) is 2. The molecule has 1 aromatic carbocycles. The number of carbonyl (C=O) groups is 2. The Kier molecular flexibility index (Phi) is 5.97. The zero-order valence-corrected chi connectivity index (χ0v) is 16.1. The van der Waals surface area contributed by atoms with E-state index in [4.69, 9.17) is 4.74 Å². The molecule has 0 N–H and O–H groups in total. The van der Waals surface area contributed by atoms with Crippen LogP contribution in [0.2, 0.25) is 0 Å². The first-order valence-corrected chi connectivity index (χ1v) is 9.67. The number of benzene rings is 1. The fourth-order valence-corrected chi connectivity index (χ4v) is 4.27. The molecule has 1 aliphatic carbocycles. The van der Waals surface area contributed by atoms with Crippen molar-refractivity contribution in [2.75, 3.05) is 27.2 Å². The molecule has 0 unspecified atom stereocenters. The van der Waals surface area contributed by atoms with Gasteiger partial charge in [-0.3, -0.25) is 9.59 Å². The molecule has 3 rings (SSSR count). The van der Waals surface area contributed by atoms with Crippen LogP contribution in [0, 0.1) is 12.8 Å². The van der Waals surface area contributed by atoms with Gasteiger partial charge < -0.3 is 14.5 Å². The lowest BCUT2D eigenvalue weighted by molar-refractivity contribution is -0.167. The summed E-state index contributed by atoms with van der Waals surface area (Å²) in [5.74, 6) is 0.470. The van der Waals surface area contributed by atoms with Crippen molar-refractivity contribution in [3.63, 3.8) is 0 Å². The lowest BCUT2D eigenvalue weighted by atomic mass is 9.88. The molecule has 0 aromatic heterocycles. The molecule has 1 heterocycles. The fraction of sp³-hybridized carbons (Fsp3) is 0.619. The highest BCUT2D eigenvalue weighted by molar-refractivity contribution is 5.86. The minimum Gasteiger partial charge on any atom is -0.356 e. The molecule has 26 heavy (non-hydrogen) atoms. The summed E-state index contributed by atoms with van der Waals surface area (Å²) in [5, 5.41) is 0. The van der Waals surface area contributed by atoms with E-state index in [2.05, 4.69) is 0 Å². The monoisotopic (exact) mass is 358 g/mol. The van der Waals surface area contributed by atoms with Crippen LogP contribution in [0.3, 0.4) is 0 Å². The molecule has 2 fully saturated rings. The average Bonchev–Trinajstić information content (AvgIpc) is 2.65. The summed E-state index contributed by atoms with van der Waals surface area (Å²) in [6.07, 6.45) is 5.58. The number of amides is 2. The van der Waals surface area contributed by atoms with Crippen LogP contribution in [0.25, 0.3) is 0 Å². The lowest BCUT2D eigenvalue weighted by Crippen LogP contribution is -2.54. The fourth-order valence-electron chi connectivity index (χ4n) is 4.27. The first kappa shape index (κ1) is 18.9. The molecule has 1 aliphatic heterocycles. The van der Waals surface area contributed by atoms with Gasteiger partial charge in [-0.2, -0.15) is 0 Å². The Hall–Kier alpha value is -1.88. The summed E-state index contributed by atoms with van der Waals surface area (Å²) in [6, 6.07) is 7.53. The maximum atomic E-state index is 13.2. The summed E-state index contributed by atoms with van der Waals surface area (Å²) in [5.41, 5.74) is 2.04. The normalized spacial score (nSPS) is 24.6. The Morgan fingerprint density at radius 3 is 2.62 bits per heavy atom. The topological polar surface area (TPSA) is 49.9 Å². The summed E-state index contributed by atoms with van der Waals surface area (Å²) in [6.45, 7) is 2.75. The van der Waals surface area contributed by atoms with E-state index in [0.717, 1.165) is 17.7 Å². The molecule has 0 spiro atoms. The van der Waals surface area contributed by atoms with Crippen LogP contribution in [0.4, 0.5) is 0 Å². The third-order valence-corrected chi connectivity index (χ3v) is 5.87. The Bertz CT molecular complexity index is 654. The van der Waals surface area contributed by atoms with Crippen molar-refractivity contribution in [1.29, 1.82) is 0 Å². The van der Waals surface area contributed by atoms with Crippen LogP contribution in [-0.4, -0.2) is 55.0 Å². The number of hydrogen-bond acceptors (Lipinski definition) is 3. The van der Waals surface area contributed by atoms with Crippen LogP contribution in [0.1, 0.15) is 49.3 Å². The zero-order chi connectivity index (χ0) is 18.7. The highest BCUT2D eigenvalue weighted by atomic mass is 16.5. The van der Waals surface area contributed by atoms with Gasteiger partial charge in [0.1, 0.15) is 6.61 Å². The molecule has 0 bridgehead atoms. The van der Waals surface area contributed by atoms with E-state index in [1.54, 1.807) is 11.9 Å². The van der Waals surface area contributed by atoms with Gasteiger partial charge in [0.15, 0.2) is 6.10 Å². The van der Waals surface area contributed by atoms with E-state index in [0.29, 0.717) is 5.92 Å². The molecular weight excluding hydrogens is 328 g/mol. The SMILES string of the molecule is Cc1ccccc1[C@@H]1[C@@H](C(=O)N(C)CC2CCCCC2)OCC(=O)N1C. The predicted molar refractivity (Wildman–Crippen MR) is 101 cm³/mol. The maximum absolute atomic E-state index is 13.2. The first-order valence-electron chi connectivity index (χ1n) is 9.67. The van der Waals surface area contributed by atoms with Gasteiger partial charge in [-0.25, -0.2) is 0 Å². The number of rotatable bonds is 4. The van der Waals surface area contributed by atoms with Crippen molar-refractivity contribution in [3.05, 3.63) is 35.4 Å². The molecule has 1 aromatic rings. The second kappa shape index (κ2) is 8.21. The molecule has 1 saturated heterocycles. The molecule has 5 nitrogen and oxygen atoms in total. The van der Waals surface area contributed by atoms with E-state index in [-0.39, 0.29) is 24.5 Å². The number of morpholine rings is 1. The summed E-state index contributed by atoms with van der Waals surface area (Å²) in [7, 11) is 3.63. The minimum absolute atomic E-state index is 0.0248. The minimum atomic E-state index is -0.646. The van der Waals surface area contributed by atoms with Crippen molar-refractivity contribution in [2.45, 2.75) is 51.2 Å². The van der Waals surface area contributed by atoms with E-state index in [1.807, 2.05) is 43.1 Å². The molecule has 142 valence electrons. The molecular formula is C21H30N2O3. The van der Waals surface area contributed by atoms with Crippen LogP contribution in [-0.2, 0) is 14.3 Å². The lowest BCUT2D eigenvalue weighted by Gasteiger charge is -2.40. The Morgan fingerprint density at radius 2 is 1.92 bits per heavy atom. The van der Waals surface area contributed by atoms with Gasteiger partial charge >= 0.3 is 0 Å². The predicted octanol–water partition coefficient (Wildman–Crippen LogP) is 2.93. The molecule has 2 atom stereocenters. The zero-order valence-electron chi connectivity index (χ0n) is 16.1. The quantitative estimate of drug-likeness (QED) is 0.831. The second-order valence-corrected chi connectivity index (χ2v) is 7.76. The molecule has 2 amide bonds. The van der Waals surface area contributed by atoms with Gasteiger partial charge in [0.2, 0.25) is 5.91 Å². The van der Waals surface area contributed by atoms with Crippen LogP contribution in [0.5, 0.6) is 0 Å². The first-order chi connectivity index (χ1) is 12.5. The third kappa shape index (κ3) is 3.93. The summed E-state index contributed by atoms with van der Waals surface area (Å²) >= 11 is 0. The molecule has 1 saturated carbocycles. The van der Waals surface area contributed by atoms with Crippen molar-refractivity contribution < 1.29 is 14.3 Å². The smallest absolute Gasteiger partial charge is 0.253 e. The number of ether oxygens (including phenoxy) is 1.